The zero-order chi connectivity index (χ0) is 18.3. The molecule has 5 nitrogen and oxygen atoms in total. The van der Waals surface area contributed by atoms with Crippen LogP contribution >= 0.6 is 0 Å². The number of halogens is 2. The van der Waals surface area contributed by atoms with E-state index in [4.69, 9.17) is 14.2 Å². The topological polar surface area (TPSA) is 61.8 Å². The van der Waals surface area contributed by atoms with Crippen LogP contribution in [0.4, 0.5) is 8.78 Å². The Balaban J connectivity index is 2.58. The zero-order valence-electron chi connectivity index (χ0n) is 14.2. The third kappa shape index (κ3) is 2.83. The summed E-state index contributed by atoms with van der Waals surface area (Å²) in [7, 11) is 2.73. The first kappa shape index (κ1) is 18.2. The van der Waals surface area contributed by atoms with Crippen LogP contribution in [0.25, 0.3) is 0 Å². The molecule has 132 valence electrons. The van der Waals surface area contributed by atoms with Gasteiger partial charge in [0.1, 0.15) is 17.1 Å². The maximum atomic E-state index is 13.9. The van der Waals surface area contributed by atoms with Crippen molar-refractivity contribution in [2.75, 3.05) is 14.2 Å². The van der Waals surface area contributed by atoms with Crippen molar-refractivity contribution in [3.63, 3.8) is 0 Å². The fourth-order valence-electron chi connectivity index (χ4n) is 2.72. The predicted octanol–water partition coefficient (Wildman–Crippen LogP) is 3.04. The smallest absolute Gasteiger partial charge is 0.326 e. The molecular formula is C17H20F2O5. The summed E-state index contributed by atoms with van der Waals surface area (Å²) in [6.45, 7) is 4.67. The number of Topliss-reactive ketones (excluding diaryl/α,β-unsaturated/α-hetero) is 1. The molecule has 1 aliphatic rings. The number of carbonyl (C=O) groups is 2. The third-order valence-electron chi connectivity index (χ3n) is 3.85. The number of ether oxygens (including phenoxy) is 3. The first-order valence-electron chi connectivity index (χ1n) is 7.38. The molecule has 0 radical (unpaired) electrons. The monoisotopic (exact) mass is 342 g/mol. The van der Waals surface area contributed by atoms with E-state index in [1.54, 1.807) is 20.8 Å². The van der Waals surface area contributed by atoms with Gasteiger partial charge in [-0.25, -0.2) is 8.78 Å². The molecule has 2 rings (SSSR count). The largest absolute Gasteiger partial charge is 0.497 e. The summed E-state index contributed by atoms with van der Waals surface area (Å²) < 4.78 is 43.0. The molecule has 0 aliphatic heterocycles. The molecule has 1 unspecified atom stereocenters. The van der Waals surface area contributed by atoms with Crippen LogP contribution in [0.15, 0.2) is 12.1 Å². The Morgan fingerprint density at radius 3 is 2.29 bits per heavy atom. The molecule has 1 aromatic carbocycles. The summed E-state index contributed by atoms with van der Waals surface area (Å²) in [5.41, 5.74) is -3.29. The van der Waals surface area contributed by atoms with Crippen LogP contribution in [0, 0.1) is 5.41 Å². The number of rotatable bonds is 4. The van der Waals surface area contributed by atoms with Crippen LogP contribution < -0.4 is 9.47 Å². The predicted molar refractivity (Wildman–Crippen MR) is 81.9 cm³/mol. The normalized spacial score (nSPS) is 20.1. The van der Waals surface area contributed by atoms with E-state index in [-0.39, 0.29) is 16.9 Å². The maximum absolute atomic E-state index is 13.9. The Bertz CT molecular complexity index is 678. The van der Waals surface area contributed by atoms with E-state index in [1.165, 1.54) is 26.4 Å². The summed E-state index contributed by atoms with van der Waals surface area (Å²) in [5, 5.41) is 0. The minimum Gasteiger partial charge on any atom is -0.497 e. The van der Waals surface area contributed by atoms with Gasteiger partial charge in [0.15, 0.2) is 11.2 Å². The molecule has 0 N–H and O–H groups in total. The van der Waals surface area contributed by atoms with Gasteiger partial charge in [-0.15, -0.1) is 0 Å². The van der Waals surface area contributed by atoms with E-state index < -0.39 is 35.6 Å². The van der Waals surface area contributed by atoms with Gasteiger partial charge in [0, 0.05) is 12.5 Å². The number of fused-ring (bicyclic) bond motifs is 1. The van der Waals surface area contributed by atoms with Gasteiger partial charge < -0.3 is 14.2 Å². The van der Waals surface area contributed by atoms with Crippen molar-refractivity contribution in [3.8, 4) is 11.5 Å². The van der Waals surface area contributed by atoms with Crippen LogP contribution in [0.5, 0.6) is 11.5 Å². The van der Waals surface area contributed by atoms with Crippen LogP contribution in [0.1, 0.15) is 36.7 Å². The average Bonchev–Trinajstić information content (AvgIpc) is 2.78. The van der Waals surface area contributed by atoms with Crippen molar-refractivity contribution >= 4 is 11.8 Å². The number of benzene rings is 1. The van der Waals surface area contributed by atoms with E-state index in [2.05, 4.69) is 0 Å². The van der Waals surface area contributed by atoms with Crippen molar-refractivity contribution in [1.82, 2.24) is 0 Å². The molecule has 7 heteroatoms. The Morgan fingerprint density at radius 2 is 1.83 bits per heavy atom. The second-order valence-electron chi connectivity index (χ2n) is 6.64. The molecule has 0 fully saturated rings. The molecule has 0 heterocycles. The second kappa shape index (κ2) is 6.03. The molecule has 0 bridgehead atoms. The molecule has 24 heavy (non-hydrogen) atoms. The van der Waals surface area contributed by atoms with E-state index in [0.29, 0.717) is 5.75 Å². The molecule has 0 aromatic heterocycles. The summed E-state index contributed by atoms with van der Waals surface area (Å²) in [6.07, 6.45) is -3.66. The Kier molecular flexibility index (Phi) is 4.57. The van der Waals surface area contributed by atoms with Crippen LogP contribution in [-0.4, -0.2) is 38.0 Å². The van der Waals surface area contributed by atoms with Gasteiger partial charge in [-0.2, -0.15) is 0 Å². The summed E-state index contributed by atoms with van der Waals surface area (Å²) in [6, 6.07) is 2.89. The van der Waals surface area contributed by atoms with Gasteiger partial charge >= 0.3 is 5.97 Å². The van der Waals surface area contributed by atoms with Crippen LogP contribution in [0.3, 0.4) is 0 Å². The number of methoxy groups -OCH3 is 2. The summed E-state index contributed by atoms with van der Waals surface area (Å²) >= 11 is 0. The molecule has 1 atom stereocenters. The van der Waals surface area contributed by atoms with Crippen LogP contribution in [0.2, 0.25) is 0 Å². The number of carbonyl (C=O) groups excluding carboxylic acids is 2. The van der Waals surface area contributed by atoms with Crippen molar-refractivity contribution in [3.05, 3.63) is 23.3 Å². The number of alkyl halides is 2. The van der Waals surface area contributed by atoms with Gasteiger partial charge in [-0.1, -0.05) is 0 Å². The second-order valence-corrected chi connectivity index (χ2v) is 6.64. The van der Waals surface area contributed by atoms with Crippen molar-refractivity contribution < 1.29 is 32.6 Å². The SMILES string of the molecule is COc1cc2c(c(OC)c1)C(=O)C(C(=O)OC(C)(C)C)(C(F)F)C2. The van der Waals surface area contributed by atoms with Gasteiger partial charge in [0.05, 0.1) is 19.8 Å². The number of hydrogen-bond acceptors (Lipinski definition) is 5. The zero-order valence-corrected chi connectivity index (χ0v) is 14.2. The minimum absolute atomic E-state index is 0.0236. The van der Waals surface area contributed by atoms with E-state index in [1.807, 2.05) is 0 Å². The highest BCUT2D eigenvalue weighted by molar-refractivity contribution is 6.18. The van der Waals surface area contributed by atoms with Gasteiger partial charge in [0.2, 0.25) is 0 Å². The molecule has 1 aromatic rings. The highest BCUT2D eigenvalue weighted by atomic mass is 19.3. The molecular weight excluding hydrogens is 322 g/mol. The van der Waals surface area contributed by atoms with Gasteiger partial charge in [-0.3, -0.25) is 9.59 Å². The minimum atomic E-state index is -3.21. The first-order chi connectivity index (χ1) is 11.1. The first-order valence-corrected chi connectivity index (χ1v) is 7.38. The third-order valence-corrected chi connectivity index (χ3v) is 3.85. The molecule has 0 saturated carbocycles. The lowest BCUT2D eigenvalue weighted by molar-refractivity contribution is -0.171. The lowest BCUT2D eigenvalue weighted by Crippen LogP contribution is -2.47. The Morgan fingerprint density at radius 1 is 1.21 bits per heavy atom. The van der Waals surface area contributed by atoms with Crippen LogP contribution in [-0.2, 0) is 16.0 Å². The van der Waals surface area contributed by atoms with E-state index in [0.717, 1.165) is 0 Å². The maximum Gasteiger partial charge on any atom is 0.326 e. The Labute approximate surface area is 138 Å². The summed E-state index contributed by atoms with van der Waals surface area (Å²) in [5.74, 6) is -1.76. The average molecular weight is 342 g/mol. The number of ketones is 1. The quantitative estimate of drug-likeness (QED) is 0.622. The van der Waals surface area contributed by atoms with Crippen molar-refractivity contribution in [2.45, 2.75) is 39.2 Å². The molecule has 0 spiro atoms. The van der Waals surface area contributed by atoms with E-state index >= 15 is 0 Å². The molecule has 0 saturated heterocycles. The fourth-order valence-corrected chi connectivity index (χ4v) is 2.72. The fraction of sp³-hybridized carbons (Fsp3) is 0.529. The Hall–Kier alpha value is -2.18. The van der Waals surface area contributed by atoms with E-state index in [9.17, 15) is 18.4 Å². The molecule has 0 amide bonds. The highest BCUT2D eigenvalue weighted by Gasteiger charge is 2.61. The highest BCUT2D eigenvalue weighted by Crippen LogP contribution is 2.47. The molecule has 1 aliphatic carbocycles. The standard InChI is InChI=1S/C17H20F2O5/c1-16(2,3)24-15(21)17(14(18)19)8-9-6-10(22-4)7-11(23-5)12(9)13(17)20/h6-7,14H,8H2,1-5H3. The van der Waals surface area contributed by atoms with Crippen molar-refractivity contribution in [1.29, 1.82) is 0 Å². The van der Waals surface area contributed by atoms with Gasteiger partial charge in [0.25, 0.3) is 6.43 Å². The number of hydrogen-bond donors (Lipinski definition) is 0. The number of esters is 1. The lowest BCUT2D eigenvalue weighted by atomic mass is 9.83. The summed E-state index contributed by atoms with van der Waals surface area (Å²) in [4.78, 5) is 25.2. The van der Waals surface area contributed by atoms with Crippen molar-refractivity contribution in [2.24, 2.45) is 5.41 Å². The lowest BCUT2D eigenvalue weighted by Gasteiger charge is -2.29. The van der Waals surface area contributed by atoms with Gasteiger partial charge in [-0.05, 0) is 32.4 Å².